The summed E-state index contributed by atoms with van der Waals surface area (Å²) in [6, 6.07) is 13.6. The minimum atomic E-state index is -0.568. The van der Waals surface area contributed by atoms with Gasteiger partial charge in [-0.2, -0.15) is 0 Å². The minimum Gasteiger partial charge on any atom is -0.473 e. The Kier molecular flexibility index (Phi) is 5.78. The standard InChI is InChI=1S/C18H21N3O3/c1-3-14-7-4-5-10-17(14)24-12-20-18(23)21(13(2)22)16-9-6-8-15(19)11-16/h4-11H,3,12,19H2,1-2H3,(H,20,23). The van der Waals surface area contributed by atoms with E-state index < -0.39 is 11.9 Å². The SMILES string of the molecule is CCc1ccccc1OCNC(=O)N(C(C)=O)c1cccc(N)c1. The monoisotopic (exact) mass is 327 g/mol. The fourth-order valence-electron chi connectivity index (χ4n) is 2.30. The van der Waals surface area contributed by atoms with Crippen LogP contribution in [0.2, 0.25) is 0 Å². The number of nitrogens with one attached hydrogen (secondary N) is 1. The summed E-state index contributed by atoms with van der Waals surface area (Å²) in [4.78, 5) is 25.1. The molecule has 0 fully saturated rings. The van der Waals surface area contributed by atoms with Gasteiger partial charge in [-0.1, -0.05) is 31.2 Å². The molecule has 3 amide bonds. The van der Waals surface area contributed by atoms with Crippen LogP contribution in [-0.4, -0.2) is 18.7 Å². The third-order valence-electron chi connectivity index (χ3n) is 3.45. The number of para-hydroxylation sites is 1. The molecule has 2 rings (SSSR count). The van der Waals surface area contributed by atoms with E-state index in [-0.39, 0.29) is 6.73 Å². The summed E-state index contributed by atoms with van der Waals surface area (Å²) in [5, 5.41) is 2.58. The van der Waals surface area contributed by atoms with Crippen molar-refractivity contribution in [2.24, 2.45) is 0 Å². The van der Waals surface area contributed by atoms with E-state index in [0.29, 0.717) is 17.1 Å². The predicted octanol–water partition coefficient (Wildman–Crippen LogP) is 2.93. The summed E-state index contributed by atoms with van der Waals surface area (Å²) >= 11 is 0. The molecule has 2 aromatic carbocycles. The van der Waals surface area contributed by atoms with E-state index in [4.69, 9.17) is 10.5 Å². The number of nitrogens with zero attached hydrogens (tertiary/aromatic N) is 1. The van der Waals surface area contributed by atoms with Crippen LogP contribution < -0.4 is 20.7 Å². The average molecular weight is 327 g/mol. The molecule has 0 unspecified atom stereocenters. The van der Waals surface area contributed by atoms with Crippen LogP contribution in [0.4, 0.5) is 16.2 Å². The number of ether oxygens (including phenoxy) is 1. The number of rotatable bonds is 5. The molecule has 6 nitrogen and oxygen atoms in total. The third kappa shape index (κ3) is 4.25. The van der Waals surface area contributed by atoms with Crippen LogP contribution >= 0.6 is 0 Å². The lowest BCUT2D eigenvalue weighted by Crippen LogP contribution is -2.44. The molecule has 0 aliphatic rings. The molecule has 0 atom stereocenters. The maximum absolute atomic E-state index is 12.3. The Morgan fingerprint density at radius 2 is 1.92 bits per heavy atom. The zero-order valence-corrected chi connectivity index (χ0v) is 13.8. The quantitative estimate of drug-likeness (QED) is 0.653. The molecule has 0 saturated carbocycles. The Morgan fingerprint density at radius 1 is 1.17 bits per heavy atom. The van der Waals surface area contributed by atoms with E-state index in [9.17, 15) is 9.59 Å². The first-order valence-electron chi connectivity index (χ1n) is 7.67. The zero-order valence-electron chi connectivity index (χ0n) is 13.8. The van der Waals surface area contributed by atoms with Gasteiger partial charge in [-0.25, -0.2) is 9.69 Å². The summed E-state index contributed by atoms with van der Waals surface area (Å²) < 4.78 is 5.59. The second kappa shape index (κ2) is 8.01. The first-order chi connectivity index (χ1) is 11.5. The lowest BCUT2D eigenvalue weighted by Gasteiger charge is -2.20. The number of hydrogen-bond acceptors (Lipinski definition) is 4. The summed E-state index contributed by atoms with van der Waals surface area (Å²) in [6.07, 6.45) is 0.826. The molecule has 0 aliphatic carbocycles. The highest BCUT2D eigenvalue weighted by molar-refractivity contribution is 6.13. The molecular weight excluding hydrogens is 306 g/mol. The van der Waals surface area contributed by atoms with Crippen LogP contribution in [-0.2, 0) is 11.2 Å². The molecule has 2 aromatic rings. The molecule has 0 aliphatic heterocycles. The third-order valence-corrected chi connectivity index (χ3v) is 3.45. The smallest absolute Gasteiger partial charge is 0.331 e. The van der Waals surface area contributed by atoms with Gasteiger partial charge in [0, 0.05) is 12.6 Å². The summed E-state index contributed by atoms with van der Waals surface area (Å²) in [6.45, 7) is 3.30. The van der Waals surface area contributed by atoms with Crippen molar-refractivity contribution in [2.45, 2.75) is 20.3 Å². The number of nitrogen functional groups attached to an aromatic ring is 1. The van der Waals surface area contributed by atoms with Crippen LogP contribution in [0.3, 0.4) is 0 Å². The molecule has 0 aromatic heterocycles. The minimum absolute atomic E-state index is 0.0397. The van der Waals surface area contributed by atoms with Crippen molar-refractivity contribution in [3.63, 3.8) is 0 Å². The van der Waals surface area contributed by atoms with Crippen molar-refractivity contribution in [3.8, 4) is 5.75 Å². The number of aryl methyl sites for hydroxylation is 1. The summed E-state index contributed by atoms with van der Waals surface area (Å²) in [7, 11) is 0. The Balaban J connectivity index is 2.03. The fraction of sp³-hybridized carbons (Fsp3) is 0.222. The number of imide groups is 1. The van der Waals surface area contributed by atoms with E-state index in [1.807, 2.05) is 31.2 Å². The fourth-order valence-corrected chi connectivity index (χ4v) is 2.30. The van der Waals surface area contributed by atoms with Gasteiger partial charge in [0.15, 0.2) is 6.73 Å². The Bertz CT molecular complexity index is 731. The largest absolute Gasteiger partial charge is 0.473 e. The molecule has 0 spiro atoms. The molecule has 0 radical (unpaired) electrons. The molecule has 24 heavy (non-hydrogen) atoms. The molecule has 0 saturated heterocycles. The van der Waals surface area contributed by atoms with Crippen molar-refractivity contribution in [3.05, 3.63) is 54.1 Å². The average Bonchev–Trinajstić information content (AvgIpc) is 2.55. The number of amides is 3. The summed E-state index contributed by atoms with van der Waals surface area (Å²) in [5.41, 5.74) is 7.64. The van der Waals surface area contributed by atoms with Gasteiger partial charge in [0.05, 0.1) is 5.69 Å². The number of hydrogen-bond donors (Lipinski definition) is 2. The molecule has 3 N–H and O–H groups in total. The zero-order chi connectivity index (χ0) is 17.5. The first-order valence-corrected chi connectivity index (χ1v) is 7.67. The van der Waals surface area contributed by atoms with Gasteiger partial charge in [-0.3, -0.25) is 4.79 Å². The number of urea groups is 1. The van der Waals surface area contributed by atoms with Gasteiger partial charge in [0.25, 0.3) is 0 Å². The van der Waals surface area contributed by atoms with Gasteiger partial charge in [-0.15, -0.1) is 0 Å². The van der Waals surface area contributed by atoms with E-state index >= 15 is 0 Å². The topological polar surface area (TPSA) is 84.7 Å². The van der Waals surface area contributed by atoms with Crippen LogP contribution in [0.1, 0.15) is 19.4 Å². The molecule has 126 valence electrons. The maximum atomic E-state index is 12.3. The van der Waals surface area contributed by atoms with Crippen molar-refractivity contribution in [1.29, 1.82) is 0 Å². The van der Waals surface area contributed by atoms with Crippen LogP contribution in [0, 0.1) is 0 Å². The van der Waals surface area contributed by atoms with E-state index in [0.717, 1.165) is 16.9 Å². The lowest BCUT2D eigenvalue weighted by atomic mass is 10.1. The Morgan fingerprint density at radius 3 is 2.58 bits per heavy atom. The highest BCUT2D eigenvalue weighted by Gasteiger charge is 2.20. The second-order valence-corrected chi connectivity index (χ2v) is 5.18. The van der Waals surface area contributed by atoms with E-state index in [1.165, 1.54) is 6.92 Å². The van der Waals surface area contributed by atoms with Crippen LogP contribution in [0.15, 0.2) is 48.5 Å². The lowest BCUT2D eigenvalue weighted by molar-refractivity contribution is -0.115. The molecule has 0 heterocycles. The highest BCUT2D eigenvalue weighted by atomic mass is 16.5. The summed E-state index contributed by atoms with van der Waals surface area (Å²) in [5.74, 6) is 0.297. The number of carbonyl (C=O) groups excluding carboxylic acids is 2. The van der Waals surface area contributed by atoms with Crippen molar-refractivity contribution in [1.82, 2.24) is 5.32 Å². The Labute approximate surface area is 141 Å². The molecule has 0 bridgehead atoms. The first kappa shape index (κ1) is 17.3. The van der Waals surface area contributed by atoms with Crippen molar-refractivity contribution < 1.29 is 14.3 Å². The van der Waals surface area contributed by atoms with Gasteiger partial charge >= 0.3 is 6.03 Å². The maximum Gasteiger partial charge on any atom is 0.331 e. The van der Waals surface area contributed by atoms with Gasteiger partial charge < -0.3 is 15.8 Å². The highest BCUT2D eigenvalue weighted by Crippen LogP contribution is 2.19. The molecule has 6 heteroatoms. The molecular formula is C18H21N3O3. The number of carbonyl (C=O) groups is 2. The van der Waals surface area contributed by atoms with Gasteiger partial charge in [-0.05, 0) is 36.2 Å². The normalized spacial score (nSPS) is 10.1. The predicted molar refractivity (Wildman–Crippen MR) is 93.9 cm³/mol. The number of anilines is 2. The van der Waals surface area contributed by atoms with Crippen molar-refractivity contribution >= 4 is 23.3 Å². The number of nitrogens with two attached hydrogens (primary N) is 1. The second-order valence-electron chi connectivity index (χ2n) is 5.18. The van der Waals surface area contributed by atoms with Gasteiger partial charge in [0.2, 0.25) is 5.91 Å². The van der Waals surface area contributed by atoms with E-state index in [2.05, 4.69) is 5.32 Å². The van der Waals surface area contributed by atoms with Crippen LogP contribution in [0.5, 0.6) is 5.75 Å². The van der Waals surface area contributed by atoms with Crippen molar-refractivity contribution in [2.75, 3.05) is 17.4 Å². The van der Waals surface area contributed by atoms with E-state index in [1.54, 1.807) is 24.3 Å². The van der Waals surface area contributed by atoms with Crippen LogP contribution in [0.25, 0.3) is 0 Å². The van der Waals surface area contributed by atoms with Gasteiger partial charge in [0.1, 0.15) is 5.75 Å². The Hall–Kier alpha value is -3.02. The number of benzene rings is 2.